The van der Waals surface area contributed by atoms with Crippen LogP contribution in [0.1, 0.15) is 4.88 Å². The number of halogens is 2. The lowest BCUT2D eigenvalue weighted by Gasteiger charge is -2.08. The van der Waals surface area contributed by atoms with Gasteiger partial charge in [0.2, 0.25) is 0 Å². The third-order valence-corrected chi connectivity index (χ3v) is 6.24. The van der Waals surface area contributed by atoms with Gasteiger partial charge in [0.1, 0.15) is 10.0 Å². The number of thiophene rings is 1. The topological polar surface area (TPSA) is 83.5 Å². The first-order valence-corrected chi connectivity index (χ1v) is 8.94. The highest BCUT2D eigenvalue weighted by Gasteiger charge is 2.19. The first kappa shape index (κ1) is 16.2. The highest BCUT2D eigenvalue weighted by molar-refractivity contribution is 14.1. The molecule has 0 saturated heterocycles. The van der Waals surface area contributed by atoms with Crippen molar-refractivity contribution in [3.8, 4) is 0 Å². The quantitative estimate of drug-likeness (QED) is 0.700. The average Bonchev–Trinajstić information content (AvgIpc) is 2.81. The molecule has 0 aliphatic carbocycles. The number of carboxylic acid groups (broad SMARTS) is 1. The molecule has 9 heteroatoms. The van der Waals surface area contributed by atoms with Gasteiger partial charge in [-0.3, -0.25) is 9.52 Å². The van der Waals surface area contributed by atoms with Gasteiger partial charge in [0.25, 0.3) is 10.0 Å². The molecule has 0 amide bonds. The van der Waals surface area contributed by atoms with E-state index in [0.29, 0.717) is 8.45 Å². The molecule has 2 N–H and O–H groups in total. The summed E-state index contributed by atoms with van der Waals surface area (Å²) in [4.78, 5) is 11.0. The molecular weight excluding hydrogens is 432 g/mol. The first-order chi connectivity index (χ1) is 9.78. The zero-order valence-corrected chi connectivity index (χ0v) is 14.1. The van der Waals surface area contributed by atoms with E-state index in [1.165, 1.54) is 24.3 Å². The minimum atomic E-state index is -3.82. The Morgan fingerprint density at radius 2 is 2.05 bits per heavy atom. The number of sulfonamides is 1. The maximum absolute atomic E-state index is 13.0. The number of hydrogen-bond acceptors (Lipinski definition) is 4. The Kier molecular flexibility index (Phi) is 4.84. The zero-order chi connectivity index (χ0) is 15.6. The second-order valence-corrected chi connectivity index (χ2v) is 8.26. The Labute approximate surface area is 138 Å². The molecule has 1 heterocycles. The molecule has 112 valence electrons. The van der Waals surface area contributed by atoms with Gasteiger partial charge in [-0.25, -0.2) is 12.8 Å². The number of hydrogen-bond donors (Lipinski definition) is 2. The number of benzene rings is 1. The molecule has 0 bridgehead atoms. The van der Waals surface area contributed by atoms with E-state index in [9.17, 15) is 17.6 Å². The van der Waals surface area contributed by atoms with E-state index in [0.717, 1.165) is 17.4 Å². The number of rotatable bonds is 5. The van der Waals surface area contributed by atoms with Gasteiger partial charge in [0.05, 0.1) is 12.1 Å². The highest BCUT2D eigenvalue weighted by Crippen LogP contribution is 2.26. The summed E-state index contributed by atoms with van der Waals surface area (Å²) in [7, 11) is -3.82. The number of anilines is 1. The summed E-state index contributed by atoms with van der Waals surface area (Å²) in [6, 6.07) is 6.51. The molecule has 2 aromatic rings. The molecule has 0 aliphatic heterocycles. The molecule has 0 atom stereocenters. The van der Waals surface area contributed by atoms with Gasteiger partial charge < -0.3 is 5.11 Å². The lowest BCUT2D eigenvalue weighted by molar-refractivity contribution is -0.136. The van der Waals surface area contributed by atoms with E-state index in [4.69, 9.17) is 5.11 Å². The minimum Gasteiger partial charge on any atom is -0.481 e. The van der Waals surface area contributed by atoms with E-state index in [2.05, 4.69) is 4.72 Å². The molecule has 0 spiro atoms. The summed E-state index contributed by atoms with van der Waals surface area (Å²) in [5, 5.41) is 8.68. The van der Waals surface area contributed by atoms with Crippen molar-refractivity contribution in [2.24, 2.45) is 0 Å². The third kappa shape index (κ3) is 4.14. The first-order valence-electron chi connectivity index (χ1n) is 5.56. The Morgan fingerprint density at radius 3 is 2.67 bits per heavy atom. The van der Waals surface area contributed by atoms with E-state index in [-0.39, 0.29) is 16.3 Å². The summed E-state index contributed by atoms with van der Waals surface area (Å²) >= 11 is 2.71. The van der Waals surface area contributed by atoms with Crippen LogP contribution in [0.3, 0.4) is 0 Å². The number of nitrogens with one attached hydrogen (secondary N) is 1. The van der Waals surface area contributed by atoms with Crippen LogP contribution in [-0.2, 0) is 21.2 Å². The van der Waals surface area contributed by atoms with Crippen molar-refractivity contribution in [3.63, 3.8) is 0 Å². The van der Waals surface area contributed by atoms with Crippen molar-refractivity contribution in [3.05, 3.63) is 44.6 Å². The van der Waals surface area contributed by atoms with Crippen LogP contribution in [0.4, 0.5) is 10.1 Å². The van der Waals surface area contributed by atoms with Crippen molar-refractivity contribution < 1.29 is 22.7 Å². The van der Waals surface area contributed by atoms with Crippen molar-refractivity contribution in [2.75, 3.05) is 4.72 Å². The van der Waals surface area contributed by atoms with Gasteiger partial charge in [-0.2, -0.15) is 0 Å². The fourth-order valence-corrected chi connectivity index (χ4v) is 4.74. The number of carboxylic acids is 1. The number of aliphatic carboxylic acids is 1. The minimum absolute atomic E-state index is 0.0128. The second kappa shape index (κ2) is 6.28. The summed E-state index contributed by atoms with van der Waals surface area (Å²) in [6.07, 6.45) is -0.228. The van der Waals surface area contributed by atoms with Gasteiger partial charge in [-0.05, 0) is 52.9 Å². The Bertz CT molecular complexity index is 788. The van der Waals surface area contributed by atoms with E-state index in [1.807, 2.05) is 22.6 Å². The third-order valence-electron chi connectivity index (χ3n) is 2.40. The van der Waals surface area contributed by atoms with Crippen molar-refractivity contribution in [2.45, 2.75) is 10.6 Å². The van der Waals surface area contributed by atoms with Crippen LogP contribution in [0.15, 0.2) is 34.5 Å². The predicted octanol–water partition coefficient (Wildman–Crippen LogP) is 2.92. The van der Waals surface area contributed by atoms with Crippen LogP contribution in [0.2, 0.25) is 0 Å². The molecule has 0 fully saturated rings. The molecule has 2 rings (SSSR count). The molecule has 1 aromatic carbocycles. The molecule has 0 aliphatic rings. The normalized spacial score (nSPS) is 11.3. The van der Waals surface area contributed by atoms with Gasteiger partial charge in [0.15, 0.2) is 0 Å². The van der Waals surface area contributed by atoms with Crippen LogP contribution in [0, 0.1) is 9.39 Å². The average molecular weight is 441 g/mol. The Morgan fingerprint density at radius 1 is 1.33 bits per heavy atom. The molecular formula is C12H9FINO4S2. The van der Waals surface area contributed by atoms with Crippen molar-refractivity contribution in [1.82, 2.24) is 0 Å². The number of carbonyl (C=O) groups is 1. The second-order valence-electron chi connectivity index (χ2n) is 4.02. The Hall–Kier alpha value is -1.20. The van der Waals surface area contributed by atoms with Gasteiger partial charge >= 0.3 is 5.97 Å². The largest absolute Gasteiger partial charge is 0.481 e. The lowest BCUT2D eigenvalue weighted by Crippen LogP contribution is -2.12. The molecule has 0 unspecified atom stereocenters. The molecule has 21 heavy (non-hydrogen) atoms. The summed E-state index contributed by atoms with van der Waals surface area (Å²) in [6.45, 7) is 0. The zero-order valence-electron chi connectivity index (χ0n) is 10.3. The maximum atomic E-state index is 13.0. The van der Waals surface area contributed by atoms with Gasteiger partial charge in [0, 0.05) is 8.45 Å². The predicted molar refractivity (Wildman–Crippen MR) is 85.6 cm³/mol. The standard InChI is InChI=1S/C12H9FINO4S2/c13-7-1-3-10(9(14)5-7)15-21(18,19)12-4-2-8(20-12)6-11(16)17/h1-5,15H,6H2,(H,16,17). The SMILES string of the molecule is O=C(O)Cc1ccc(S(=O)(=O)Nc2ccc(F)cc2I)s1. The smallest absolute Gasteiger partial charge is 0.308 e. The molecule has 0 radical (unpaired) electrons. The molecule has 0 saturated carbocycles. The van der Waals surface area contributed by atoms with E-state index in [1.54, 1.807) is 0 Å². The summed E-state index contributed by atoms with van der Waals surface area (Å²) in [5.74, 6) is -1.48. The fourth-order valence-electron chi connectivity index (χ4n) is 1.51. The summed E-state index contributed by atoms with van der Waals surface area (Å²) < 4.78 is 40.2. The van der Waals surface area contributed by atoms with Crippen LogP contribution in [-0.4, -0.2) is 19.5 Å². The van der Waals surface area contributed by atoms with Gasteiger partial charge in [-0.15, -0.1) is 11.3 Å². The Balaban J connectivity index is 2.25. The fraction of sp³-hybridized carbons (Fsp3) is 0.0833. The van der Waals surface area contributed by atoms with Crippen molar-refractivity contribution >= 4 is 55.6 Å². The van der Waals surface area contributed by atoms with Crippen LogP contribution < -0.4 is 4.72 Å². The molecule has 5 nitrogen and oxygen atoms in total. The van der Waals surface area contributed by atoms with Crippen LogP contribution in [0.5, 0.6) is 0 Å². The lowest BCUT2D eigenvalue weighted by atomic mass is 10.3. The van der Waals surface area contributed by atoms with Crippen molar-refractivity contribution in [1.29, 1.82) is 0 Å². The summed E-state index contributed by atoms with van der Waals surface area (Å²) in [5.41, 5.74) is 0.269. The van der Waals surface area contributed by atoms with Gasteiger partial charge in [-0.1, -0.05) is 0 Å². The van der Waals surface area contributed by atoms with E-state index < -0.39 is 21.8 Å². The highest BCUT2D eigenvalue weighted by atomic mass is 127. The van der Waals surface area contributed by atoms with Crippen LogP contribution >= 0.6 is 33.9 Å². The molecule has 1 aromatic heterocycles. The van der Waals surface area contributed by atoms with E-state index >= 15 is 0 Å². The monoisotopic (exact) mass is 441 g/mol. The van der Waals surface area contributed by atoms with Crippen LogP contribution in [0.25, 0.3) is 0 Å². The maximum Gasteiger partial charge on any atom is 0.308 e.